The summed E-state index contributed by atoms with van der Waals surface area (Å²) >= 11 is 0. The molecule has 1 atom stereocenters. The van der Waals surface area contributed by atoms with Crippen molar-refractivity contribution in [1.29, 1.82) is 0 Å². The van der Waals surface area contributed by atoms with Crippen molar-refractivity contribution in [2.75, 3.05) is 25.6 Å². The second-order valence-electron chi connectivity index (χ2n) is 5.33. The molecule has 0 amide bonds. The molecule has 5 nitrogen and oxygen atoms in total. The van der Waals surface area contributed by atoms with E-state index < -0.39 is 0 Å². The Labute approximate surface area is 126 Å². The first-order valence-corrected chi connectivity index (χ1v) is 7.06. The van der Waals surface area contributed by atoms with E-state index in [2.05, 4.69) is 48.2 Å². The molecule has 0 saturated carbocycles. The van der Waals surface area contributed by atoms with Gasteiger partial charge in [-0.25, -0.2) is 4.68 Å². The van der Waals surface area contributed by atoms with Gasteiger partial charge in [0.15, 0.2) is 0 Å². The molecular formula is C16H24N4O. The zero-order chi connectivity index (χ0) is 15.6. The summed E-state index contributed by atoms with van der Waals surface area (Å²) in [4.78, 5) is 2.18. The fraction of sp³-hybridized carbons (Fsp3) is 0.438. The second kappa shape index (κ2) is 6.18. The van der Waals surface area contributed by atoms with Crippen LogP contribution in [0.2, 0.25) is 0 Å². The van der Waals surface area contributed by atoms with Crippen molar-refractivity contribution >= 4 is 5.69 Å². The molecule has 0 spiro atoms. The summed E-state index contributed by atoms with van der Waals surface area (Å²) < 4.78 is 7.27. The van der Waals surface area contributed by atoms with Crippen LogP contribution in [0.3, 0.4) is 0 Å². The highest BCUT2D eigenvalue weighted by molar-refractivity contribution is 5.52. The monoisotopic (exact) mass is 288 g/mol. The summed E-state index contributed by atoms with van der Waals surface area (Å²) in [6, 6.07) is 8.41. The van der Waals surface area contributed by atoms with Crippen molar-refractivity contribution < 1.29 is 4.74 Å². The van der Waals surface area contributed by atoms with Crippen LogP contribution in [0.15, 0.2) is 24.3 Å². The fourth-order valence-corrected chi connectivity index (χ4v) is 2.78. The van der Waals surface area contributed by atoms with Crippen LogP contribution in [-0.2, 0) is 7.05 Å². The van der Waals surface area contributed by atoms with Crippen molar-refractivity contribution in [2.45, 2.75) is 19.9 Å². The van der Waals surface area contributed by atoms with Crippen LogP contribution in [0.5, 0.6) is 5.88 Å². The van der Waals surface area contributed by atoms with Gasteiger partial charge in [-0.1, -0.05) is 12.1 Å². The Balaban J connectivity index is 2.44. The summed E-state index contributed by atoms with van der Waals surface area (Å²) in [6.45, 7) is 4.57. The van der Waals surface area contributed by atoms with Gasteiger partial charge in [0.1, 0.15) is 0 Å². The van der Waals surface area contributed by atoms with E-state index in [0.717, 1.165) is 22.8 Å². The maximum atomic E-state index is 6.05. The highest BCUT2D eigenvalue weighted by Crippen LogP contribution is 2.33. The maximum Gasteiger partial charge on any atom is 0.216 e. The van der Waals surface area contributed by atoms with Crippen LogP contribution in [-0.4, -0.2) is 30.5 Å². The average Bonchev–Trinajstić information content (AvgIpc) is 2.74. The van der Waals surface area contributed by atoms with Crippen molar-refractivity contribution in [2.24, 2.45) is 12.8 Å². The van der Waals surface area contributed by atoms with Crippen molar-refractivity contribution in [3.63, 3.8) is 0 Å². The predicted molar refractivity (Wildman–Crippen MR) is 85.9 cm³/mol. The number of aryl methyl sites for hydroxylation is 3. The molecule has 1 heterocycles. The molecule has 21 heavy (non-hydrogen) atoms. The molecule has 2 aromatic rings. The number of benzene rings is 1. The number of nitrogens with two attached hydrogens (primary N) is 1. The SMILES string of the molecule is COc1c(C(CN)N(C)c2cccc(C)c2)c(C)nn1C. The summed E-state index contributed by atoms with van der Waals surface area (Å²) in [6.07, 6.45) is 0. The first kappa shape index (κ1) is 15.4. The van der Waals surface area contributed by atoms with Gasteiger partial charge in [-0.05, 0) is 31.5 Å². The van der Waals surface area contributed by atoms with Gasteiger partial charge < -0.3 is 15.4 Å². The Morgan fingerprint density at radius 3 is 2.67 bits per heavy atom. The molecule has 5 heteroatoms. The molecule has 1 unspecified atom stereocenters. The number of nitrogens with zero attached hydrogens (tertiary/aromatic N) is 3. The zero-order valence-corrected chi connectivity index (χ0v) is 13.4. The van der Waals surface area contributed by atoms with Crippen LogP contribution < -0.4 is 15.4 Å². The Hall–Kier alpha value is -2.01. The van der Waals surface area contributed by atoms with Gasteiger partial charge >= 0.3 is 0 Å². The molecule has 0 fully saturated rings. The van der Waals surface area contributed by atoms with E-state index in [1.165, 1.54) is 5.56 Å². The molecule has 0 aliphatic carbocycles. The van der Waals surface area contributed by atoms with E-state index in [1.54, 1.807) is 11.8 Å². The second-order valence-corrected chi connectivity index (χ2v) is 5.33. The predicted octanol–water partition coefficient (Wildman–Crippen LogP) is 2.18. The minimum atomic E-state index is 0.0236. The molecule has 0 bridgehead atoms. The lowest BCUT2D eigenvalue weighted by molar-refractivity contribution is 0.366. The zero-order valence-electron chi connectivity index (χ0n) is 13.4. The summed E-state index contributed by atoms with van der Waals surface area (Å²) in [7, 11) is 5.61. The van der Waals surface area contributed by atoms with Gasteiger partial charge in [0, 0.05) is 26.3 Å². The molecule has 1 aromatic carbocycles. The van der Waals surface area contributed by atoms with E-state index >= 15 is 0 Å². The smallest absolute Gasteiger partial charge is 0.216 e. The van der Waals surface area contributed by atoms with Crippen LogP contribution in [0.25, 0.3) is 0 Å². The van der Waals surface area contributed by atoms with Gasteiger partial charge in [-0.3, -0.25) is 0 Å². The number of anilines is 1. The molecule has 114 valence electrons. The van der Waals surface area contributed by atoms with Crippen molar-refractivity contribution in [1.82, 2.24) is 9.78 Å². The Bertz CT molecular complexity index is 621. The number of hydrogen-bond donors (Lipinski definition) is 1. The average molecular weight is 288 g/mol. The molecule has 0 saturated heterocycles. The largest absolute Gasteiger partial charge is 0.481 e. The first-order valence-electron chi connectivity index (χ1n) is 7.06. The molecule has 2 N–H and O–H groups in total. The van der Waals surface area contributed by atoms with E-state index in [-0.39, 0.29) is 6.04 Å². The Kier molecular flexibility index (Phi) is 4.53. The minimum Gasteiger partial charge on any atom is -0.481 e. The van der Waals surface area contributed by atoms with Crippen LogP contribution in [0.1, 0.15) is 22.9 Å². The van der Waals surface area contributed by atoms with Gasteiger partial charge in [0.25, 0.3) is 0 Å². The fourth-order valence-electron chi connectivity index (χ4n) is 2.78. The number of methoxy groups -OCH3 is 1. The van der Waals surface area contributed by atoms with Gasteiger partial charge in [0.2, 0.25) is 5.88 Å². The number of ether oxygens (including phenoxy) is 1. The number of likely N-dealkylation sites (N-methyl/N-ethyl adjacent to an activating group) is 1. The van der Waals surface area contributed by atoms with Crippen LogP contribution in [0.4, 0.5) is 5.69 Å². The third kappa shape index (κ3) is 2.88. The highest BCUT2D eigenvalue weighted by Gasteiger charge is 2.25. The lowest BCUT2D eigenvalue weighted by Gasteiger charge is -2.29. The third-order valence-corrected chi connectivity index (χ3v) is 3.84. The highest BCUT2D eigenvalue weighted by atomic mass is 16.5. The van der Waals surface area contributed by atoms with E-state index in [9.17, 15) is 0 Å². The van der Waals surface area contributed by atoms with Gasteiger partial charge in [-0.2, -0.15) is 5.10 Å². The van der Waals surface area contributed by atoms with Gasteiger partial charge in [0.05, 0.1) is 24.4 Å². The lowest BCUT2D eigenvalue weighted by Crippen LogP contribution is -2.31. The summed E-state index contributed by atoms with van der Waals surface area (Å²) in [5.74, 6) is 0.766. The topological polar surface area (TPSA) is 56.3 Å². The molecule has 0 aliphatic heterocycles. The lowest BCUT2D eigenvalue weighted by atomic mass is 10.0. The third-order valence-electron chi connectivity index (χ3n) is 3.84. The standard InChI is InChI=1S/C16H24N4O/c1-11-7-6-8-13(9-11)19(3)14(10-17)15-12(2)18-20(4)16(15)21-5/h6-9,14H,10,17H2,1-5H3. The Morgan fingerprint density at radius 2 is 2.10 bits per heavy atom. The maximum absolute atomic E-state index is 6.05. The first-order chi connectivity index (χ1) is 9.99. The summed E-state index contributed by atoms with van der Waals surface area (Å²) in [5.41, 5.74) is 10.4. The normalized spacial score (nSPS) is 12.3. The molecule has 2 rings (SSSR count). The molecule has 0 radical (unpaired) electrons. The quantitative estimate of drug-likeness (QED) is 0.916. The van der Waals surface area contributed by atoms with E-state index in [0.29, 0.717) is 6.54 Å². The number of aromatic nitrogens is 2. The van der Waals surface area contributed by atoms with Crippen LogP contribution >= 0.6 is 0 Å². The Morgan fingerprint density at radius 1 is 1.38 bits per heavy atom. The molecule has 0 aliphatic rings. The molecular weight excluding hydrogens is 264 g/mol. The van der Waals surface area contributed by atoms with Crippen molar-refractivity contribution in [3.05, 3.63) is 41.1 Å². The van der Waals surface area contributed by atoms with Gasteiger partial charge in [-0.15, -0.1) is 0 Å². The van der Waals surface area contributed by atoms with E-state index in [4.69, 9.17) is 10.5 Å². The number of rotatable bonds is 5. The molecule has 1 aromatic heterocycles. The number of hydrogen-bond acceptors (Lipinski definition) is 4. The van der Waals surface area contributed by atoms with Crippen molar-refractivity contribution in [3.8, 4) is 5.88 Å². The van der Waals surface area contributed by atoms with Crippen LogP contribution in [0, 0.1) is 13.8 Å². The minimum absolute atomic E-state index is 0.0236. The summed E-state index contributed by atoms with van der Waals surface area (Å²) in [5, 5.41) is 4.45. The van der Waals surface area contributed by atoms with E-state index in [1.807, 2.05) is 14.0 Å².